The Morgan fingerprint density at radius 3 is 2.29 bits per heavy atom. The van der Waals surface area contributed by atoms with Gasteiger partial charge < -0.3 is 5.32 Å². The normalized spacial score (nSPS) is 19.9. The largest absolute Gasteiger partial charge is 0.317 e. The lowest BCUT2D eigenvalue weighted by Gasteiger charge is -2.34. The van der Waals surface area contributed by atoms with Crippen LogP contribution in [0.5, 0.6) is 0 Å². The minimum Gasteiger partial charge on any atom is -0.317 e. The summed E-state index contributed by atoms with van der Waals surface area (Å²) in [5.41, 5.74) is 1.29. The summed E-state index contributed by atoms with van der Waals surface area (Å²) < 4.78 is 28.9. The molecule has 1 unspecified atom stereocenters. The Morgan fingerprint density at radius 1 is 1.29 bits per heavy atom. The molecule has 1 fully saturated rings. The maximum Gasteiger partial charge on any atom is 0.246 e. The van der Waals surface area contributed by atoms with Crippen molar-refractivity contribution in [2.45, 2.75) is 44.6 Å². The Hall–Kier alpha value is -0.920. The average Bonchev–Trinajstić information content (AvgIpc) is 2.71. The van der Waals surface area contributed by atoms with Crippen molar-refractivity contribution in [1.29, 1.82) is 0 Å². The van der Waals surface area contributed by atoms with Gasteiger partial charge in [-0.1, -0.05) is 0 Å². The van der Waals surface area contributed by atoms with Crippen LogP contribution in [0.15, 0.2) is 4.90 Å². The van der Waals surface area contributed by atoms with E-state index in [9.17, 15) is 8.42 Å². The van der Waals surface area contributed by atoms with E-state index in [1.54, 1.807) is 23.0 Å². The summed E-state index contributed by atoms with van der Waals surface area (Å²) in [4.78, 5) is 0.380. The van der Waals surface area contributed by atoms with Gasteiger partial charge in [-0.2, -0.15) is 9.40 Å². The van der Waals surface area contributed by atoms with Crippen LogP contribution >= 0.6 is 0 Å². The SMILES string of the molecule is CNC(C)C1CCN(S(=O)(=O)c2c(C)nn(C)c2C)CC1. The molecule has 1 atom stereocenters. The second kappa shape index (κ2) is 6.06. The van der Waals surface area contributed by atoms with Gasteiger partial charge in [0.2, 0.25) is 10.0 Å². The Bertz CT molecular complexity index is 601. The van der Waals surface area contributed by atoms with Gasteiger partial charge in [0.05, 0.1) is 11.4 Å². The van der Waals surface area contributed by atoms with Crippen molar-refractivity contribution >= 4 is 10.0 Å². The fourth-order valence-corrected chi connectivity index (χ4v) is 4.98. The van der Waals surface area contributed by atoms with Gasteiger partial charge in [0.25, 0.3) is 0 Å². The fourth-order valence-electron chi connectivity index (χ4n) is 3.11. The molecule has 0 radical (unpaired) electrons. The highest BCUT2D eigenvalue weighted by atomic mass is 32.2. The molecule has 1 N–H and O–H groups in total. The topological polar surface area (TPSA) is 67.2 Å². The number of hydrogen-bond donors (Lipinski definition) is 1. The van der Waals surface area contributed by atoms with Gasteiger partial charge in [-0.15, -0.1) is 0 Å². The summed E-state index contributed by atoms with van der Waals surface area (Å²) in [6.07, 6.45) is 1.80. The number of nitrogens with one attached hydrogen (secondary N) is 1. The first kappa shape index (κ1) is 16.5. The summed E-state index contributed by atoms with van der Waals surface area (Å²) >= 11 is 0. The van der Waals surface area contributed by atoms with Crippen molar-refractivity contribution in [2.24, 2.45) is 13.0 Å². The quantitative estimate of drug-likeness (QED) is 0.902. The molecule has 1 aliphatic heterocycles. The highest BCUT2D eigenvalue weighted by Crippen LogP contribution is 2.28. The lowest BCUT2D eigenvalue weighted by molar-refractivity contribution is 0.236. The fraction of sp³-hybridized carbons (Fsp3) is 0.786. The zero-order valence-electron chi connectivity index (χ0n) is 13.5. The number of rotatable bonds is 4. The third kappa shape index (κ3) is 3.00. The first-order valence-corrected chi connectivity index (χ1v) is 8.90. The van der Waals surface area contributed by atoms with Gasteiger partial charge >= 0.3 is 0 Å². The van der Waals surface area contributed by atoms with Crippen molar-refractivity contribution in [3.63, 3.8) is 0 Å². The first-order chi connectivity index (χ1) is 9.78. The zero-order chi connectivity index (χ0) is 15.8. The molecule has 0 amide bonds. The average molecular weight is 314 g/mol. The second-order valence-corrected chi connectivity index (χ2v) is 7.82. The van der Waals surface area contributed by atoms with Crippen LogP contribution in [0.3, 0.4) is 0 Å². The summed E-state index contributed by atoms with van der Waals surface area (Å²) in [5.74, 6) is 0.539. The molecule has 2 heterocycles. The summed E-state index contributed by atoms with van der Waals surface area (Å²) in [7, 11) is 0.306. The van der Waals surface area contributed by atoms with E-state index in [-0.39, 0.29) is 0 Å². The van der Waals surface area contributed by atoms with Gasteiger partial charge in [-0.05, 0) is 46.6 Å². The molecule has 0 saturated carbocycles. The van der Waals surface area contributed by atoms with Gasteiger partial charge in [-0.3, -0.25) is 4.68 Å². The summed E-state index contributed by atoms with van der Waals surface area (Å²) in [6.45, 7) is 6.91. The highest BCUT2D eigenvalue weighted by Gasteiger charge is 2.34. The third-order valence-corrected chi connectivity index (χ3v) is 6.85. The van der Waals surface area contributed by atoms with Gasteiger partial charge in [0.1, 0.15) is 4.90 Å². The first-order valence-electron chi connectivity index (χ1n) is 7.46. The molecule has 0 aromatic carbocycles. The molecule has 7 heteroatoms. The van der Waals surface area contributed by atoms with Gasteiger partial charge in [0, 0.05) is 26.2 Å². The van der Waals surface area contributed by atoms with E-state index in [1.165, 1.54) is 0 Å². The molecule has 6 nitrogen and oxygen atoms in total. The summed E-state index contributed by atoms with van der Waals surface area (Å²) in [6, 6.07) is 0.428. The molecular weight excluding hydrogens is 288 g/mol. The Kier molecular flexibility index (Phi) is 4.75. The monoisotopic (exact) mass is 314 g/mol. The van der Waals surface area contributed by atoms with Crippen LogP contribution < -0.4 is 5.32 Å². The third-order valence-electron chi connectivity index (χ3n) is 4.70. The minimum absolute atomic E-state index is 0.380. The number of aromatic nitrogens is 2. The molecule has 0 bridgehead atoms. The van der Waals surface area contributed by atoms with Crippen molar-refractivity contribution in [1.82, 2.24) is 19.4 Å². The van der Waals surface area contributed by atoms with E-state index < -0.39 is 10.0 Å². The Morgan fingerprint density at radius 2 is 1.86 bits per heavy atom. The van der Waals surface area contributed by atoms with Crippen molar-refractivity contribution in [3.05, 3.63) is 11.4 Å². The van der Waals surface area contributed by atoms with E-state index in [1.807, 2.05) is 14.0 Å². The maximum atomic E-state index is 12.8. The number of nitrogens with zero attached hydrogens (tertiary/aromatic N) is 3. The highest BCUT2D eigenvalue weighted by molar-refractivity contribution is 7.89. The van der Waals surface area contributed by atoms with E-state index in [4.69, 9.17) is 0 Å². The van der Waals surface area contributed by atoms with E-state index in [2.05, 4.69) is 17.3 Å². The predicted molar refractivity (Wildman–Crippen MR) is 82.7 cm³/mol. The van der Waals surface area contributed by atoms with Crippen LogP contribution in [-0.2, 0) is 17.1 Å². The molecule has 1 aliphatic rings. The number of aryl methyl sites for hydroxylation is 2. The lowest BCUT2D eigenvalue weighted by Crippen LogP contribution is -2.43. The van der Waals surface area contributed by atoms with Gasteiger partial charge in [-0.25, -0.2) is 8.42 Å². The van der Waals surface area contributed by atoms with Crippen LogP contribution in [0, 0.1) is 19.8 Å². The molecule has 0 aliphatic carbocycles. The number of piperidine rings is 1. The molecular formula is C14H26N4O2S. The molecule has 1 saturated heterocycles. The van der Waals surface area contributed by atoms with Crippen LogP contribution in [0.4, 0.5) is 0 Å². The van der Waals surface area contributed by atoms with E-state index >= 15 is 0 Å². The Labute approximate surface area is 127 Å². The molecule has 120 valence electrons. The van der Waals surface area contributed by atoms with Gasteiger partial charge in [0.15, 0.2) is 0 Å². The zero-order valence-corrected chi connectivity index (χ0v) is 14.4. The second-order valence-electron chi connectivity index (χ2n) is 5.94. The predicted octanol–water partition coefficient (Wildman–Crippen LogP) is 1.05. The number of sulfonamides is 1. The Balaban J connectivity index is 2.19. The van der Waals surface area contributed by atoms with Crippen molar-refractivity contribution < 1.29 is 8.42 Å². The summed E-state index contributed by atoms with van der Waals surface area (Å²) in [5, 5.41) is 7.49. The molecule has 1 aromatic rings. The molecule has 0 spiro atoms. The van der Waals surface area contributed by atoms with E-state index in [0.717, 1.165) is 12.8 Å². The van der Waals surface area contributed by atoms with E-state index in [0.29, 0.717) is 41.3 Å². The maximum absolute atomic E-state index is 12.8. The van der Waals surface area contributed by atoms with Crippen molar-refractivity contribution in [2.75, 3.05) is 20.1 Å². The molecule has 21 heavy (non-hydrogen) atoms. The van der Waals surface area contributed by atoms with Crippen LogP contribution in [0.1, 0.15) is 31.2 Å². The standard InChI is InChI=1S/C14H26N4O2S/c1-10(15-4)13-6-8-18(9-7-13)21(19,20)14-11(2)16-17(5)12(14)3/h10,13,15H,6-9H2,1-5H3. The van der Waals surface area contributed by atoms with Crippen molar-refractivity contribution in [3.8, 4) is 0 Å². The molecule has 2 rings (SSSR count). The lowest BCUT2D eigenvalue weighted by atomic mass is 9.91. The number of hydrogen-bond acceptors (Lipinski definition) is 4. The van der Waals surface area contributed by atoms with Crippen LogP contribution in [-0.4, -0.2) is 48.7 Å². The van der Waals surface area contributed by atoms with Crippen LogP contribution in [0.25, 0.3) is 0 Å². The molecule has 1 aromatic heterocycles. The minimum atomic E-state index is -3.43. The smallest absolute Gasteiger partial charge is 0.246 e. The van der Waals surface area contributed by atoms with Crippen LogP contribution in [0.2, 0.25) is 0 Å².